The number of piperidine rings is 1. The Hall–Kier alpha value is -4.14. The molecule has 214 valence electrons. The first-order valence-corrected chi connectivity index (χ1v) is 14.4. The van der Waals surface area contributed by atoms with Crippen molar-refractivity contribution in [1.29, 1.82) is 0 Å². The van der Waals surface area contributed by atoms with Gasteiger partial charge in [0.1, 0.15) is 17.3 Å². The summed E-state index contributed by atoms with van der Waals surface area (Å²) in [7, 11) is 2.09. The van der Waals surface area contributed by atoms with Gasteiger partial charge < -0.3 is 10.2 Å². The number of nitrogens with one attached hydrogen (secondary N) is 1. The van der Waals surface area contributed by atoms with Gasteiger partial charge in [-0.2, -0.15) is 4.98 Å². The van der Waals surface area contributed by atoms with E-state index in [0.29, 0.717) is 50.5 Å². The quantitative estimate of drug-likeness (QED) is 0.222. The first-order valence-electron chi connectivity index (χ1n) is 14.0. The van der Waals surface area contributed by atoms with Crippen LogP contribution < -0.4 is 10.9 Å². The van der Waals surface area contributed by atoms with Gasteiger partial charge >= 0.3 is 0 Å². The second kappa shape index (κ2) is 11.6. The molecule has 0 atom stereocenters. The van der Waals surface area contributed by atoms with Crippen molar-refractivity contribution in [3.8, 4) is 22.3 Å². The zero-order valence-corrected chi connectivity index (χ0v) is 24.1. The second-order valence-electron chi connectivity index (χ2n) is 10.7. The molecule has 1 saturated heterocycles. The highest BCUT2D eigenvalue weighted by atomic mass is 35.5. The van der Waals surface area contributed by atoms with E-state index in [1.54, 1.807) is 53.2 Å². The van der Waals surface area contributed by atoms with Gasteiger partial charge in [-0.25, -0.2) is 13.8 Å². The Morgan fingerprint density at radius 2 is 1.74 bits per heavy atom. The van der Waals surface area contributed by atoms with Crippen molar-refractivity contribution in [2.75, 3.05) is 25.5 Å². The van der Waals surface area contributed by atoms with Gasteiger partial charge in [-0.1, -0.05) is 48.0 Å². The van der Waals surface area contributed by atoms with Crippen molar-refractivity contribution < 1.29 is 8.78 Å². The summed E-state index contributed by atoms with van der Waals surface area (Å²) in [6.07, 6.45) is 3.50. The van der Waals surface area contributed by atoms with Crippen LogP contribution in [0.3, 0.4) is 0 Å². The number of fused-ring (bicyclic) bond motifs is 1. The molecule has 6 nitrogen and oxygen atoms in total. The van der Waals surface area contributed by atoms with Crippen LogP contribution in [0.5, 0.6) is 0 Å². The van der Waals surface area contributed by atoms with Gasteiger partial charge in [0, 0.05) is 45.5 Å². The minimum Gasteiger partial charge on any atom is -0.324 e. The van der Waals surface area contributed by atoms with Gasteiger partial charge in [0.2, 0.25) is 5.95 Å². The molecule has 0 saturated carbocycles. The molecule has 1 aliphatic rings. The van der Waals surface area contributed by atoms with Gasteiger partial charge in [0.25, 0.3) is 5.56 Å². The van der Waals surface area contributed by atoms with E-state index in [1.165, 1.54) is 12.1 Å². The lowest BCUT2D eigenvalue weighted by molar-refractivity contribution is 0.253. The summed E-state index contributed by atoms with van der Waals surface area (Å²) in [6.45, 7) is 4.15. The third kappa shape index (κ3) is 5.40. The molecule has 0 aliphatic carbocycles. The van der Waals surface area contributed by atoms with Crippen LogP contribution in [0.25, 0.3) is 33.3 Å². The number of rotatable bonds is 6. The van der Waals surface area contributed by atoms with E-state index in [2.05, 4.69) is 27.2 Å². The van der Waals surface area contributed by atoms with Crippen LogP contribution in [0.1, 0.15) is 31.2 Å². The number of aryl methyl sites for hydroxylation is 1. The average molecular weight is 586 g/mol. The fourth-order valence-electron chi connectivity index (χ4n) is 5.69. The first kappa shape index (κ1) is 28.0. The maximum atomic E-state index is 15.1. The molecule has 0 spiro atoms. The minimum atomic E-state index is -0.349. The van der Waals surface area contributed by atoms with Crippen LogP contribution in [0.4, 0.5) is 20.4 Å². The lowest BCUT2D eigenvalue weighted by Crippen LogP contribution is -2.29. The highest BCUT2D eigenvalue weighted by Crippen LogP contribution is 2.34. The van der Waals surface area contributed by atoms with E-state index in [4.69, 9.17) is 11.6 Å². The Balaban J connectivity index is 1.30. The van der Waals surface area contributed by atoms with Crippen LogP contribution in [-0.2, 0) is 6.54 Å². The van der Waals surface area contributed by atoms with Crippen LogP contribution in [0.15, 0.2) is 77.7 Å². The predicted octanol–water partition coefficient (Wildman–Crippen LogP) is 7.63. The third-order valence-electron chi connectivity index (χ3n) is 8.00. The molecular formula is C33H30ClF2N5O. The Morgan fingerprint density at radius 3 is 2.45 bits per heavy atom. The number of pyridine rings is 1. The number of halogens is 3. The van der Waals surface area contributed by atoms with E-state index in [-0.39, 0.29) is 29.1 Å². The van der Waals surface area contributed by atoms with Crippen LogP contribution in [0.2, 0.25) is 5.02 Å². The Bertz CT molecular complexity index is 1850. The average Bonchev–Trinajstić information content (AvgIpc) is 2.98. The number of hydrogen-bond acceptors (Lipinski definition) is 5. The molecule has 2 aromatic heterocycles. The number of hydrogen-bond donors (Lipinski definition) is 1. The van der Waals surface area contributed by atoms with Crippen molar-refractivity contribution in [3.63, 3.8) is 0 Å². The molecule has 3 aromatic carbocycles. The van der Waals surface area contributed by atoms with Gasteiger partial charge in [-0.15, -0.1) is 0 Å². The van der Waals surface area contributed by atoms with Crippen molar-refractivity contribution in [3.05, 3.63) is 106 Å². The minimum absolute atomic E-state index is 0.213. The van der Waals surface area contributed by atoms with E-state index in [0.717, 1.165) is 31.5 Å². The number of nitrogens with zero attached hydrogens (tertiary/aromatic N) is 4. The van der Waals surface area contributed by atoms with Crippen molar-refractivity contribution in [2.24, 2.45) is 0 Å². The van der Waals surface area contributed by atoms with E-state index in [9.17, 15) is 9.18 Å². The molecule has 1 fully saturated rings. The summed E-state index contributed by atoms with van der Waals surface area (Å²) in [5, 5.41) is 4.07. The standard InChI is InChI=1S/C33H30ClF2N5O/c1-3-41-31-22(16-27(32(41)42)26-10-8-21(17-28(26)34)24-6-4-5-7-29(24)35)19-37-33(39-31)38-23-9-11-25(30(36)18-23)20-12-14-40(2)15-13-20/h4-11,16-20H,3,12-15H2,1-2H3,(H,37,38,39). The fourth-order valence-corrected chi connectivity index (χ4v) is 5.97. The molecule has 5 aromatic rings. The topological polar surface area (TPSA) is 63.1 Å². The van der Waals surface area contributed by atoms with Crippen molar-refractivity contribution >= 4 is 34.3 Å². The molecule has 0 unspecified atom stereocenters. The third-order valence-corrected chi connectivity index (χ3v) is 8.32. The fraction of sp³-hybridized carbons (Fsp3) is 0.242. The van der Waals surface area contributed by atoms with Gasteiger partial charge in [-0.3, -0.25) is 9.36 Å². The summed E-state index contributed by atoms with van der Waals surface area (Å²) >= 11 is 6.64. The molecule has 9 heteroatoms. The summed E-state index contributed by atoms with van der Waals surface area (Å²) in [5.41, 5.74) is 3.44. The van der Waals surface area contributed by atoms with Crippen LogP contribution in [-0.4, -0.2) is 39.6 Å². The zero-order valence-electron chi connectivity index (χ0n) is 23.4. The van der Waals surface area contributed by atoms with Crippen molar-refractivity contribution in [1.82, 2.24) is 19.4 Å². The SMILES string of the molecule is CCn1c(=O)c(-c2ccc(-c3ccccc3F)cc2Cl)cc2cnc(Nc3ccc(C4CCN(C)CC4)c(F)c3)nc21. The summed E-state index contributed by atoms with van der Waals surface area (Å²) < 4.78 is 31.0. The van der Waals surface area contributed by atoms with Crippen LogP contribution >= 0.6 is 11.6 Å². The lowest BCUT2D eigenvalue weighted by Gasteiger charge is -2.29. The molecule has 1 N–H and O–H groups in total. The molecule has 1 aliphatic heterocycles. The first-order chi connectivity index (χ1) is 20.3. The number of aromatic nitrogens is 3. The van der Waals surface area contributed by atoms with Gasteiger partial charge in [0.05, 0.1) is 0 Å². The van der Waals surface area contributed by atoms with E-state index < -0.39 is 0 Å². The normalized spacial score (nSPS) is 14.4. The van der Waals surface area contributed by atoms with Crippen LogP contribution in [0, 0.1) is 11.6 Å². The highest BCUT2D eigenvalue weighted by molar-refractivity contribution is 6.33. The highest BCUT2D eigenvalue weighted by Gasteiger charge is 2.22. The second-order valence-corrected chi connectivity index (χ2v) is 11.1. The van der Waals surface area contributed by atoms with Gasteiger partial charge in [-0.05, 0) is 87.3 Å². The zero-order chi connectivity index (χ0) is 29.4. The summed E-state index contributed by atoms with van der Waals surface area (Å²) in [4.78, 5) is 24.9. The molecule has 0 bridgehead atoms. The molecular weight excluding hydrogens is 556 g/mol. The van der Waals surface area contributed by atoms with Crippen molar-refractivity contribution in [2.45, 2.75) is 32.2 Å². The maximum Gasteiger partial charge on any atom is 0.260 e. The molecule has 3 heterocycles. The Morgan fingerprint density at radius 1 is 0.952 bits per heavy atom. The van der Waals surface area contributed by atoms with E-state index in [1.807, 2.05) is 19.1 Å². The maximum absolute atomic E-state index is 15.1. The number of anilines is 2. The van der Waals surface area contributed by atoms with Gasteiger partial charge in [0.15, 0.2) is 0 Å². The number of benzene rings is 3. The molecule has 42 heavy (non-hydrogen) atoms. The largest absolute Gasteiger partial charge is 0.324 e. The smallest absolute Gasteiger partial charge is 0.260 e. The predicted molar refractivity (Wildman–Crippen MR) is 164 cm³/mol. The molecule has 0 amide bonds. The summed E-state index contributed by atoms with van der Waals surface area (Å²) in [5.74, 6) is -0.124. The van der Waals surface area contributed by atoms with E-state index >= 15 is 4.39 Å². The molecule has 0 radical (unpaired) electrons. The monoisotopic (exact) mass is 585 g/mol. The Kier molecular flexibility index (Phi) is 7.75. The number of likely N-dealkylation sites (tertiary alicyclic amines) is 1. The molecule has 6 rings (SSSR count). The lowest BCUT2D eigenvalue weighted by atomic mass is 9.89. The Labute approximate surface area is 247 Å². The summed E-state index contributed by atoms with van der Waals surface area (Å²) in [6, 6.07) is 18.5.